The minimum Gasteiger partial charge on any atom is -0.444 e. The summed E-state index contributed by atoms with van der Waals surface area (Å²) in [7, 11) is 0. The van der Waals surface area contributed by atoms with Gasteiger partial charge in [0, 0.05) is 40.5 Å². The van der Waals surface area contributed by atoms with Crippen molar-refractivity contribution in [3.05, 3.63) is 64.7 Å². The Morgan fingerprint density at radius 2 is 1.83 bits per heavy atom. The van der Waals surface area contributed by atoms with E-state index in [1.165, 1.54) is 28.7 Å². The summed E-state index contributed by atoms with van der Waals surface area (Å²) in [5.41, 5.74) is 1.96. The Balaban J connectivity index is 0.00000325. The first kappa shape index (κ1) is 34.3. The zero-order chi connectivity index (χ0) is 34.1. The van der Waals surface area contributed by atoms with Crippen LogP contribution < -0.4 is 10.6 Å². The highest BCUT2D eigenvalue weighted by atomic mass is 19.3. The van der Waals surface area contributed by atoms with Crippen LogP contribution in [0, 0.1) is 5.41 Å². The second-order valence-electron chi connectivity index (χ2n) is 14.4. The van der Waals surface area contributed by atoms with Crippen molar-refractivity contribution < 1.29 is 35.5 Å². The summed E-state index contributed by atoms with van der Waals surface area (Å²) in [5, 5.41) is 5.94. The van der Waals surface area contributed by atoms with E-state index in [0.717, 1.165) is 43.6 Å². The summed E-state index contributed by atoms with van der Waals surface area (Å²) >= 11 is 0. The predicted octanol–water partition coefficient (Wildman–Crippen LogP) is 6.43. The zero-order valence-corrected chi connectivity index (χ0v) is 27.9. The Morgan fingerprint density at radius 3 is 2.47 bits per heavy atom. The molecule has 2 heterocycles. The molecule has 1 saturated heterocycles. The summed E-state index contributed by atoms with van der Waals surface area (Å²) in [4.78, 5) is 56.1. The molecule has 3 amide bonds. The van der Waals surface area contributed by atoms with E-state index in [4.69, 9.17) is 4.74 Å². The van der Waals surface area contributed by atoms with Crippen molar-refractivity contribution in [1.29, 1.82) is 0 Å². The number of unbranched alkanes of at least 4 members (excludes halogenated alkanes) is 1. The van der Waals surface area contributed by atoms with E-state index in [1.54, 1.807) is 11.0 Å². The van der Waals surface area contributed by atoms with E-state index >= 15 is 0 Å². The number of aldehydes is 1. The monoisotopic (exact) mass is 656 g/mol. The van der Waals surface area contributed by atoms with Crippen LogP contribution in [0.4, 0.5) is 19.3 Å². The normalized spacial score (nSPS) is 20.7. The zero-order valence-electron chi connectivity index (χ0n) is 27.9. The number of benzene rings is 2. The number of anilines is 1. The third-order valence-electron chi connectivity index (χ3n) is 9.43. The quantitative estimate of drug-likeness (QED) is 0.270. The molecule has 2 fully saturated rings. The number of aryl methyl sites for hydroxylation is 1. The highest BCUT2D eigenvalue weighted by Crippen LogP contribution is 2.36. The van der Waals surface area contributed by atoms with Crippen LogP contribution in [0.5, 0.6) is 0 Å². The number of hydrogen-bond acceptors (Lipinski definition) is 6. The van der Waals surface area contributed by atoms with Gasteiger partial charge >= 0.3 is 6.09 Å². The Morgan fingerprint density at radius 1 is 1.11 bits per heavy atom. The first-order chi connectivity index (χ1) is 22.1. The lowest BCUT2D eigenvalue weighted by Crippen LogP contribution is -2.55. The molecule has 0 bridgehead atoms. The number of ether oxygens (including phenoxy) is 1. The van der Waals surface area contributed by atoms with Gasteiger partial charge in [0.1, 0.15) is 24.5 Å². The largest absolute Gasteiger partial charge is 0.444 e. The number of halogens is 2. The van der Waals surface area contributed by atoms with Crippen molar-refractivity contribution in [2.24, 2.45) is 5.41 Å². The molecular weight excluding hydrogens is 606 g/mol. The van der Waals surface area contributed by atoms with Gasteiger partial charge in [0.2, 0.25) is 11.8 Å². The van der Waals surface area contributed by atoms with Crippen LogP contribution in [-0.2, 0) is 44.6 Å². The lowest BCUT2D eigenvalue weighted by molar-refractivity contribution is -0.141. The molecule has 1 aliphatic carbocycles. The fourth-order valence-corrected chi connectivity index (χ4v) is 6.41. The standard InChI is InChI=1S/C36H46F2N4O5.2H2/c1-6-7-10-23-11-8-12-24-19-41(21-28(23)24)33(46)47-27-18-29(31(44)40-36(22-43)15-16-36)42(20-27)32(45)30(34(2,3)4)39-26-14-9-13-25(17-26)35(5,37)38;;/h8-9,11-14,17,22,27,29-30,39H,6-7,10,15-16,18-21H2,1-5H3,(H,40,44);2*1H/t27-,29+,30-;;/m1../s1. The van der Waals surface area contributed by atoms with Gasteiger partial charge in [-0.3, -0.25) is 14.5 Å². The van der Waals surface area contributed by atoms with Crippen LogP contribution in [0.1, 0.15) is 91.8 Å². The van der Waals surface area contributed by atoms with Crippen LogP contribution >= 0.6 is 0 Å². The molecule has 5 rings (SSSR count). The summed E-state index contributed by atoms with van der Waals surface area (Å²) in [6, 6.07) is 9.97. The Labute approximate surface area is 278 Å². The van der Waals surface area contributed by atoms with Gasteiger partial charge in [-0.25, -0.2) is 13.6 Å². The number of fused-ring (bicyclic) bond motifs is 1. The minimum absolute atomic E-state index is 0. The molecule has 2 aliphatic heterocycles. The molecule has 1 saturated carbocycles. The second kappa shape index (κ2) is 13.2. The SMILES string of the molecule is CCCCc1cccc2c1CN(C(=O)O[C@@H]1C[C@@H](C(=O)NC3(C=O)CC3)N(C(=O)[C@@H](Nc3cccc(C(C)(F)F)c3)C(C)(C)C)C1)C2.[HH].[HH]. The minimum atomic E-state index is -3.07. The van der Waals surface area contributed by atoms with Crippen molar-refractivity contribution in [1.82, 2.24) is 15.1 Å². The maximum Gasteiger partial charge on any atom is 0.410 e. The van der Waals surface area contributed by atoms with Crippen molar-refractivity contribution in [2.45, 2.75) is 116 Å². The number of carbonyl (C=O) groups excluding carboxylic acids is 4. The van der Waals surface area contributed by atoms with Crippen molar-refractivity contribution in [3.63, 3.8) is 0 Å². The first-order valence-corrected chi connectivity index (χ1v) is 16.5. The van der Waals surface area contributed by atoms with Crippen LogP contribution in [0.15, 0.2) is 42.5 Å². The molecule has 0 aromatic heterocycles. The third kappa shape index (κ3) is 7.76. The van der Waals surface area contributed by atoms with Gasteiger partial charge in [0.25, 0.3) is 5.92 Å². The summed E-state index contributed by atoms with van der Waals surface area (Å²) in [6.45, 7) is 9.30. The second-order valence-corrected chi connectivity index (χ2v) is 14.4. The summed E-state index contributed by atoms with van der Waals surface area (Å²) in [5.74, 6) is -4.00. The lowest BCUT2D eigenvalue weighted by atomic mass is 9.85. The molecule has 9 nitrogen and oxygen atoms in total. The molecule has 2 aromatic rings. The lowest BCUT2D eigenvalue weighted by Gasteiger charge is -2.36. The number of nitrogens with one attached hydrogen (secondary N) is 2. The summed E-state index contributed by atoms with van der Waals surface area (Å²) < 4.78 is 34.2. The number of nitrogens with zero attached hydrogens (tertiary/aromatic N) is 2. The molecule has 3 aliphatic rings. The molecule has 11 heteroatoms. The van der Waals surface area contributed by atoms with E-state index in [1.807, 2.05) is 32.9 Å². The number of rotatable bonds is 11. The first-order valence-electron chi connectivity index (χ1n) is 16.5. The van der Waals surface area contributed by atoms with Gasteiger partial charge in [0.05, 0.1) is 12.1 Å². The molecule has 258 valence electrons. The molecule has 47 heavy (non-hydrogen) atoms. The van der Waals surface area contributed by atoms with E-state index < -0.39 is 53.0 Å². The van der Waals surface area contributed by atoms with Gasteiger partial charge in [-0.2, -0.15) is 0 Å². The third-order valence-corrected chi connectivity index (χ3v) is 9.43. The molecule has 0 spiro atoms. The van der Waals surface area contributed by atoms with Gasteiger partial charge < -0.3 is 25.1 Å². The molecule has 3 atom stereocenters. The number of carbonyl (C=O) groups is 4. The molecular formula is C36H50F2N4O5. The molecule has 2 N–H and O–H groups in total. The van der Waals surface area contributed by atoms with Crippen molar-refractivity contribution >= 4 is 29.9 Å². The number of alkyl halides is 2. The van der Waals surface area contributed by atoms with E-state index in [2.05, 4.69) is 23.6 Å². The fraction of sp³-hybridized carbons (Fsp3) is 0.556. The van der Waals surface area contributed by atoms with E-state index in [0.29, 0.717) is 31.6 Å². The van der Waals surface area contributed by atoms with Gasteiger partial charge in [-0.05, 0) is 59.9 Å². The van der Waals surface area contributed by atoms with Crippen LogP contribution in [0.25, 0.3) is 0 Å². The predicted molar refractivity (Wildman–Crippen MR) is 178 cm³/mol. The maximum atomic E-state index is 14.3. The maximum absolute atomic E-state index is 14.3. The average molecular weight is 657 g/mol. The summed E-state index contributed by atoms with van der Waals surface area (Å²) in [6.07, 6.45) is 3.60. The Kier molecular flexibility index (Phi) is 9.67. The Bertz CT molecular complexity index is 1530. The van der Waals surface area contributed by atoms with E-state index in [9.17, 15) is 28.0 Å². The van der Waals surface area contributed by atoms with Crippen LogP contribution in [0.3, 0.4) is 0 Å². The number of hydrogen-bond donors (Lipinski definition) is 2. The highest BCUT2D eigenvalue weighted by molar-refractivity contribution is 5.94. The molecule has 2 aromatic carbocycles. The number of likely N-dealkylation sites (tertiary alicyclic amines) is 1. The van der Waals surface area contributed by atoms with Crippen molar-refractivity contribution in [3.8, 4) is 0 Å². The van der Waals surface area contributed by atoms with Crippen LogP contribution in [-0.4, -0.2) is 64.3 Å². The average Bonchev–Trinajstić information content (AvgIpc) is 3.43. The van der Waals surface area contributed by atoms with Gasteiger partial charge in [-0.15, -0.1) is 0 Å². The van der Waals surface area contributed by atoms with Gasteiger partial charge in [0.15, 0.2) is 0 Å². The Hall–Kier alpha value is -4.02. The van der Waals surface area contributed by atoms with Crippen LogP contribution in [0.2, 0.25) is 0 Å². The highest BCUT2D eigenvalue weighted by Gasteiger charge is 2.50. The molecule has 0 radical (unpaired) electrons. The van der Waals surface area contributed by atoms with Crippen molar-refractivity contribution in [2.75, 3.05) is 11.9 Å². The van der Waals surface area contributed by atoms with E-state index in [-0.39, 0.29) is 21.4 Å². The fourth-order valence-electron chi connectivity index (χ4n) is 6.41. The van der Waals surface area contributed by atoms with Gasteiger partial charge in [-0.1, -0.05) is 64.4 Å². The number of amides is 3. The molecule has 0 unspecified atom stereocenters. The topological polar surface area (TPSA) is 108 Å². The smallest absolute Gasteiger partial charge is 0.410 e.